The summed E-state index contributed by atoms with van der Waals surface area (Å²) in [6.07, 6.45) is -4.70. The zero-order valence-electron chi connectivity index (χ0n) is 14.8. The van der Waals surface area contributed by atoms with E-state index in [2.05, 4.69) is 10.1 Å². The van der Waals surface area contributed by atoms with Gasteiger partial charge in [-0.25, -0.2) is 0 Å². The van der Waals surface area contributed by atoms with Crippen LogP contribution in [0.15, 0.2) is 64.5 Å². The van der Waals surface area contributed by atoms with Crippen molar-refractivity contribution in [3.63, 3.8) is 0 Å². The maximum atomic E-state index is 12.8. The molecule has 0 fully saturated rings. The summed E-state index contributed by atoms with van der Waals surface area (Å²) in [5, 5.41) is 17.0. The lowest BCUT2D eigenvalue weighted by atomic mass is 10.1. The molecule has 11 heteroatoms. The molecule has 2 heterocycles. The van der Waals surface area contributed by atoms with Crippen LogP contribution in [0.2, 0.25) is 0 Å². The van der Waals surface area contributed by atoms with Crippen molar-refractivity contribution in [2.75, 3.05) is 0 Å². The first-order chi connectivity index (χ1) is 14.3. The first-order valence-corrected chi connectivity index (χ1v) is 9.21. The molecule has 152 valence electrons. The van der Waals surface area contributed by atoms with Crippen molar-refractivity contribution in [3.05, 3.63) is 75.7 Å². The van der Waals surface area contributed by atoms with Gasteiger partial charge in [-0.15, -0.1) is 11.3 Å². The highest BCUT2D eigenvalue weighted by Crippen LogP contribution is 2.38. The summed E-state index contributed by atoms with van der Waals surface area (Å²) in [4.78, 5) is 15.4. The lowest BCUT2D eigenvalue weighted by molar-refractivity contribution is -0.385. The van der Waals surface area contributed by atoms with Crippen LogP contribution >= 0.6 is 11.3 Å². The van der Waals surface area contributed by atoms with Crippen LogP contribution in [0.5, 0.6) is 11.5 Å². The summed E-state index contributed by atoms with van der Waals surface area (Å²) in [6.45, 7) is 0. The lowest BCUT2D eigenvalue weighted by Gasteiger charge is -2.10. The molecule has 4 rings (SSSR count). The number of nitro groups is 1. The van der Waals surface area contributed by atoms with Gasteiger partial charge in [-0.05, 0) is 47.8 Å². The van der Waals surface area contributed by atoms with Gasteiger partial charge in [-0.3, -0.25) is 10.1 Å². The summed E-state index contributed by atoms with van der Waals surface area (Å²) < 4.78 is 49.1. The van der Waals surface area contributed by atoms with Gasteiger partial charge in [0.05, 0.1) is 15.4 Å². The summed E-state index contributed by atoms with van der Waals surface area (Å²) >= 11 is 1.45. The van der Waals surface area contributed by atoms with Crippen molar-refractivity contribution < 1.29 is 27.4 Å². The molecular weight excluding hydrogens is 423 g/mol. The Morgan fingerprint density at radius 2 is 1.87 bits per heavy atom. The highest BCUT2D eigenvalue weighted by Gasteiger charge is 2.33. The number of rotatable bonds is 5. The second kappa shape index (κ2) is 7.59. The van der Waals surface area contributed by atoms with Crippen LogP contribution in [-0.2, 0) is 6.18 Å². The first kappa shape index (κ1) is 19.6. The molecule has 0 N–H and O–H groups in total. The van der Waals surface area contributed by atoms with Crippen molar-refractivity contribution in [1.29, 1.82) is 0 Å². The van der Waals surface area contributed by atoms with Crippen LogP contribution < -0.4 is 4.74 Å². The highest BCUT2D eigenvalue weighted by molar-refractivity contribution is 7.13. The number of hydrogen-bond acceptors (Lipinski definition) is 7. The molecular formula is C19H10F3N3O4S. The summed E-state index contributed by atoms with van der Waals surface area (Å²) in [5.74, 6) is 0.607. The van der Waals surface area contributed by atoms with Crippen molar-refractivity contribution in [1.82, 2.24) is 10.1 Å². The molecule has 4 aromatic rings. The number of nitrogens with zero attached hydrogens (tertiary/aromatic N) is 3. The molecule has 2 aromatic heterocycles. The number of nitro benzene ring substituents is 1. The lowest BCUT2D eigenvalue weighted by Crippen LogP contribution is -2.06. The molecule has 7 nitrogen and oxygen atoms in total. The average molecular weight is 433 g/mol. The van der Waals surface area contributed by atoms with E-state index in [0.29, 0.717) is 23.3 Å². The van der Waals surface area contributed by atoms with E-state index in [4.69, 9.17) is 9.26 Å². The van der Waals surface area contributed by atoms with Crippen LogP contribution in [0.1, 0.15) is 5.56 Å². The third-order valence-corrected chi connectivity index (χ3v) is 4.84. The molecule has 0 amide bonds. The van der Waals surface area contributed by atoms with Gasteiger partial charge in [-0.1, -0.05) is 11.2 Å². The average Bonchev–Trinajstić information content (AvgIpc) is 3.40. The van der Waals surface area contributed by atoms with Crippen molar-refractivity contribution in [3.8, 4) is 33.7 Å². The fourth-order valence-electron chi connectivity index (χ4n) is 2.56. The smallest absolute Gasteiger partial charge is 0.416 e. The van der Waals surface area contributed by atoms with Crippen LogP contribution in [0, 0.1) is 10.1 Å². The summed E-state index contributed by atoms with van der Waals surface area (Å²) in [5.41, 5.74) is -1.31. The van der Waals surface area contributed by atoms with Crippen LogP contribution in [-0.4, -0.2) is 15.1 Å². The summed E-state index contributed by atoms with van der Waals surface area (Å²) in [7, 11) is 0. The summed E-state index contributed by atoms with van der Waals surface area (Å²) in [6, 6.07) is 12.0. The topological polar surface area (TPSA) is 91.3 Å². The molecule has 0 radical (unpaired) electrons. The molecule has 0 saturated carbocycles. The van der Waals surface area contributed by atoms with Gasteiger partial charge < -0.3 is 9.26 Å². The van der Waals surface area contributed by atoms with Gasteiger partial charge in [0.25, 0.3) is 5.89 Å². The van der Waals surface area contributed by atoms with Crippen LogP contribution in [0.4, 0.5) is 18.9 Å². The first-order valence-electron chi connectivity index (χ1n) is 8.33. The maximum absolute atomic E-state index is 12.8. The van der Waals surface area contributed by atoms with E-state index in [1.807, 2.05) is 17.5 Å². The fraction of sp³-hybridized carbons (Fsp3) is 0.0526. The molecule has 2 aromatic carbocycles. The molecule has 30 heavy (non-hydrogen) atoms. The Morgan fingerprint density at radius 1 is 1.10 bits per heavy atom. The molecule has 0 saturated heterocycles. The number of halogens is 3. The predicted molar refractivity (Wildman–Crippen MR) is 101 cm³/mol. The number of ether oxygens (including phenoxy) is 1. The second-order valence-electron chi connectivity index (χ2n) is 5.96. The number of aromatic nitrogens is 2. The Morgan fingerprint density at radius 3 is 2.50 bits per heavy atom. The minimum atomic E-state index is -4.70. The minimum absolute atomic E-state index is 0.198. The Balaban J connectivity index is 1.56. The minimum Gasteiger partial charge on any atom is -0.450 e. The van der Waals surface area contributed by atoms with Crippen molar-refractivity contribution in [2.24, 2.45) is 0 Å². The van der Waals surface area contributed by atoms with E-state index in [1.165, 1.54) is 23.5 Å². The largest absolute Gasteiger partial charge is 0.450 e. The molecule has 0 spiro atoms. The van der Waals surface area contributed by atoms with Crippen molar-refractivity contribution >= 4 is 17.0 Å². The van der Waals surface area contributed by atoms with Gasteiger partial charge in [0.15, 0.2) is 0 Å². The van der Waals surface area contributed by atoms with Gasteiger partial charge in [-0.2, -0.15) is 18.2 Å². The molecule has 0 bridgehead atoms. The van der Waals surface area contributed by atoms with Gasteiger partial charge in [0, 0.05) is 11.6 Å². The Bertz CT molecular complexity index is 1190. The quantitative estimate of drug-likeness (QED) is 0.276. The third kappa shape index (κ3) is 4.01. The van der Waals surface area contributed by atoms with E-state index < -0.39 is 22.4 Å². The molecule has 0 unspecified atom stereocenters. The van der Waals surface area contributed by atoms with Crippen LogP contribution in [0.25, 0.3) is 22.2 Å². The van der Waals surface area contributed by atoms with E-state index in [0.717, 1.165) is 17.0 Å². The van der Waals surface area contributed by atoms with E-state index in [-0.39, 0.29) is 11.5 Å². The predicted octanol–water partition coefficient (Wildman–Crippen LogP) is 6.18. The zero-order valence-corrected chi connectivity index (χ0v) is 15.6. The number of thiophene rings is 1. The van der Waals surface area contributed by atoms with E-state index in [1.54, 1.807) is 12.1 Å². The Kier molecular flexibility index (Phi) is 4.96. The Labute approximate surface area is 170 Å². The fourth-order valence-corrected chi connectivity index (χ4v) is 3.21. The highest BCUT2D eigenvalue weighted by atomic mass is 32.1. The second-order valence-corrected chi connectivity index (χ2v) is 6.91. The van der Waals surface area contributed by atoms with E-state index >= 15 is 0 Å². The monoisotopic (exact) mass is 433 g/mol. The van der Waals surface area contributed by atoms with Gasteiger partial charge in [0.2, 0.25) is 11.6 Å². The van der Waals surface area contributed by atoms with Gasteiger partial charge >= 0.3 is 11.9 Å². The van der Waals surface area contributed by atoms with Crippen LogP contribution in [0.3, 0.4) is 0 Å². The number of benzene rings is 2. The molecule has 0 aliphatic carbocycles. The standard InChI is InChI=1S/C19H10F3N3O4S/c20-19(21,22)12-5-8-15(14(10-12)25(26)27)28-13-6-3-11(4-7-13)17-23-18(29-24-17)16-2-1-9-30-16/h1-10H. The third-order valence-electron chi connectivity index (χ3n) is 3.98. The number of alkyl halides is 3. The SMILES string of the molecule is O=[N+]([O-])c1cc(C(F)(F)F)ccc1Oc1ccc(-c2noc(-c3cccs3)n2)cc1. The van der Waals surface area contributed by atoms with Crippen molar-refractivity contribution in [2.45, 2.75) is 6.18 Å². The van der Waals surface area contributed by atoms with E-state index in [9.17, 15) is 23.3 Å². The molecule has 0 aliphatic rings. The van der Waals surface area contributed by atoms with Gasteiger partial charge in [0.1, 0.15) is 5.75 Å². The molecule has 0 aliphatic heterocycles. The zero-order chi connectivity index (χ0) is 21.3. The maximum Gasteiger partial charge on any atom is 0.416 e. The normalized spacial score (nSPS) is 11.4. The number of hydrogen-bond donors (Lipinski definition) is 0. The molecule has 0 atom stereocenters. The Hall–Kier alpha value is -3.73.